The zero-order valence-corrected chi connectivity index (χ0v) is 14.4. The number of nitrogens with one attached hydrogen (secondary N) is 2. The maximum Gasteiger partial charge on any atom is 0.337 e. The Labute approximate surface area is 146 Å². The van der Waals surface area contributed by atoms with E-state index in [-0.39, 0.29) is 31.5 Å². The summed E-state index contributed by atoms with van der Waals surface area (Å²) < 4.78 is 19.5. The van der Waals surface area contributed by atoms with E-state index in [1.54, 1.807) is 13.0 Å². The summed E-state index contributed by atoms with van der Waals surface area (Å²) in [4.78, 5) is 25.8. The maximum absolute atomic E-state index is 14.5. The van der Waals surface area contributed by atoms with E-state index in [0.717, 1.165) is 24.0 Å². The number of ether oxygens (including phenoxy) is 1. The number of fused-ring (bicyclic) bond motifs is 1. The average Bonchev–Trinajstić information content (AvgIpc) is 2.58. The summed E-state index contributed by atoms with van der Waals surface area (Å²) in [6, 6.07) is 2.88. The molecule has 1 aromatic rings. The predicted molar refractivity (Wildman–Crippen MR) is 91.9 cm³/mol. The minimum atomic E-state index is -0.466. The summed E-state index contributed by atoms with van der Waals surface area (Å²) >= 11 is 0. The van der Waals surface area contributed by atoms with Crippen LogP contribution in [-0.2, 0) is 16.0 Å². The predicted octanol–water partition coefficient (Wildman–Crippen LogP) is 2.02. The highest BCUT2D eigenvalue weighted by atomic mass is 19.1. The van der Waals surface area contributed by atoms with Crippen molar-refractivity contribution in [3.8, 4) is 0 Å². The molecule has 7 heteroatoms. The highest BCUT2D eigenvalue weighted by Gasteiger charge is 2.28. The molecule has 0 fully saturated rings. The minimum Gasteiger partial charge on any atom is -0.463 e. The van der Waals surface area contributed by atoms with Crippen molar-refractivity contribution >= 4 is 17.7 Å². The normalized spacial score (nSPS) is 16.9. The van der Waals surface area contributed by atoms with Crippen LogP contribution >= 0.6 is 0 Å². The lowest BCUT2D eigenvalue weighted by Gasteiger charge is -2.34. The van der Waals surface area contributed by atoms with Crippen LogP contribution in [0.4, 0.5) is 14.9 Å². The number of benzene rings is 1. The second kappa shape index (κ2) is 7.13. The Hall–Kier alpha value is -2.57. The van der Waals surface area contributed by atoms with Crippen molar-refractivity contribution in [2.24, 2.45) is 0 Å². The van der Waals surface area contributed by atoms with Gasteiger partial charge in [0.15, 0.2) is 0 Å². The second-order valence-corrected chi connectivity index (χ2v) is 6.20. The lowest BCUT2D eigenvalue weighted by Crippen LogP contribution is -2.47. The molecule has 0 saturated carbocycles. The van der Waals surface area contributed by atoms with Crippen LogP contribution in [0.2, 0.25) is 0 Å². The largest absolute Gasteiger partial charge is 0.463 e. The molecule has 0 radical (unpaired) electrons. The zero-order valence-electron chi connectivity index (χ0n) is 14.4. The number of hydrogen-bond acceptors (Lipinski definition) is 4. The van der Waals surface area contributed by atoms with E-state index in [1.807, 2.05) is 11.8 Å². The van der Waals surface area contributed by atoms with Crippen molar-refractivity contribution in [3.63, 3.8) is 0 Å². The molecule has 2 heterocycles. The molecule has 0 bridgehead atoms. The summed E-state index contributed by atoms with van der Waals surface area (Å²) in [6.07, 6.45) is 1.72. The van der Waals surface area contributed by atoms with E-state index < -0.39 is 5.97 Å². The fourth-order valence-corrected chi connectivity index (χ4v) is 3.35. The summed E-state index contributed by atoms with van der Waals surface area (Å²) in [5.74, 6) is -0.745. The van der Waals surface area contributed by atoms with Gasteiger partial charge in [0.1, 0.15) is 5.82 Å². The Morgan fingerprint density at radius 2 is 2.20 bits per heavy atom. The van der Waals surface area contributed by atoms with Gasteiger partial charge in [0, 0.05) is 6.54 Å². The number of carbonyl (C=O) groups is 2. The van der Waals surface area contributed by atoms with E-state index in [9.17, 15) is 14.0 Å². The zero-order chi connectivity index (χ0) is 18.0. The average molecular weight is 347 g/mol. The Morgan fingerprint density at radius 3 is 2.96 bits per heavy atom. The monoisotopic (exact) mass is 347 g/mol. The molecule has 2 aliphatic heterocycles. The van der Waals surface area contributed by atoms with Crippen LogP contribution in [0.3, 0.4) is 0 Å². The van der Waals surface area contributed by atoms with Gasteiger partial charge in [-0.2, -0.15) is 0 Å². The topological polar surface area (TPSA) is 70.7 Å². The Balaban J connectivity index is 1.94. The third-order valence-electron chi connectivity index (χ3n) is 4.56. The van der Waals surface area contributed by atoms with E-state index in [2.05, 4.69) is 10.6 Å². The van der Waals surface area contributed by atoms with E-state index in [4.69, 9.17) is 4.74 Å². The third kappa shape index (κ3) is 3.45. The smallest absolute Gasteiger partial charge is 0.337 e. The van der Waals surface area contributed by atoms with Gasteiger partial charge in [-0.1, -0.05) is 6.07 Å². The molecule has 2 amide bonds. The molecule has 3 rings (SSSR count). The van der Waals surface area contributed by atoms with Crippen molar-refractivity contribution < 1.29 is 18.7 Å². The van der Waals surface area contributed by atoms with E-state index in [0.29, 0.717) is 23.5 Å². The number of esters is 1. The van der Waals surface area contributed by atoms with Crippen molar-refractivity contribution in [2.45, 2.75) is 26.7 Å². The number of anilines is 1. The van der Waals surface area contributed by atoms with Gasteiger partial charge in [0.25, 0.3) is 0 Å². The standard InChI is InChI=1S/C18H22FN3O3/c1-3-25-17(23)13-9-20-18(24)21-15(13)10-22-8-4-5-12-11(2)6-7-14(19)16(12)22/h6-7H,3-5,8-10H2,1-2H3,(H2,20,21,24). The van der Waals surface area contributed by atoms with E-state index in [1.165, 1.54) is 6.07 Å². The highest BCUT2D eigenvalue weighted by Crippen LogP contribution is 2.33. The summed E-state index contributed by atoms with van der Waals surface area (Å²) in [5.41, 5.74) is 3.45. The molecule has 0 saturated heterocycles. The van der Waals surface area contributed by atoms with Gasteiger partial charge >= 0.3 is 12.0 Å². The fraction of sp³-hybridized carbons (Fsp3) is 0.444. The van der Waals surface area contributed by atoms with Gasteiger partial charge in [-0.15, -0.1) is 0 Å². The molecular weight excluding hydrogens is 325 g/mol. The minimum absolute atomic E-state index is 0.108. The molecule has 0 unspecified atom stereocenters. The van der Waals surface area contributed by atoms with Crippen molar-refractivity contribution in [1.29, 1.82) is 0 Å². The molecule has 25 heavy (non-hydrogen) atoms. The lowest BCUT2D eigenvalue weighted by atomic mass is 9.96. The SMILES string of the molecule is CCOC(=O)C1=C(CN2CCCc3c(C)ccc(F)c32)NC(=O)NC1. The lowest BCUT2D eigenvalue weighted by molar-refractivity contribution is -0.138. The fourth-order valence-electron chi connectivity index (χ4n) is 3.35. The highest BCUT2D eigenvalue weighted by molar-refractivity contribution is 5.93. The molecule has 6 nitrogen and oxygen atoms in total. The van der Waals surface area contributed by atoms with Gasteiger partial charge in [-0.25, -0.2) is 14.0 Å². The summed E-state index contributed by atoms with van der Waals surface area (Å²) in [7, 11) is 0. The van der Waals surface area contributed by atoms with Gasteiger partial charge in [-0.3, -0.25) is 0 Å². The molecule has 2 N–H and O–H groups in total. The number of aryl methyl sites for hydroxylation is 1. The molecule has 0 aromatic heterocycles. The number of urea groups is 1. The van der Waals surface area contributed by atoms with Crippen molar-refractivity contribution in [1.82, 2.24) is 10.6 Å². The van der Waals surface area contributed by atoms with Gasteiger partial charge in [0.2, 0.25) is 0 Å². The number of hydrogen-bond donors (Lipinski definition) is 2. The van der Waals surface area contributed by atoms with Crippen molar-refractivity contribution in [3.05, 3.63) is 40.3 Å². The van der Waals surface area contributed by atoms with Crippen LogP contribution in [0, 0.1) is 12.7 Å². The van der Waals surface area contributed by atoms with E-state index >= 15 is 0 Å². The Bertz CT molecular complexity index is 745. The van der Waals surface area contributed by atoms with Gasteiger partial charge in [0.05, 0.1) is 36.7 Å². The number of rotatable bonds is 4. The Kier molecular flexibility index (Phi) is 4.92. The first-order valence-electron chi connectivity index (χ1n) is 8.48. The molecule has 1 aromatic carbocycles. The number of halogens is 1. The molecule has 2 aliphatic rings. The number of carbonyl (C=O) groups excluding carboxylic acids is 2. The van der Waals surface area contributed by atoms with Crippen LogP contribution in [-0.4, -0.2) is 38.2 Å². The first-order valence-corrected chi connectivity index (χ1v) is 8.48. The third-order valence-corrected chi connectivity index (χ3v) is 4.56. The molecule has 134 valence electrons. The second-order valence-electron chi connectivity index (χ2n) is 6.20. The molecule has 0 aliphatic carbocycles. The van der Waals surface area contributed by atoms with Crippen LogP contribution in [0.25, 0.3) is 0 Å². The first-order chi connectivity index (χ1) is 12.0. The first kappa shape index (κ1) is 17.3. The quantitative estimate of drug-likeness (QED) is 0.818. The number of nitrogens with zero attached hydrogens (tertiary/aromatic N) is 1. The van der Waals surface area contributed by atoms with Gasteiger partial charge < -0.3 is 20.3 Å². The number of amides is 2. The molecular formula is C18H22FN3O3. The van der Waals surface area contributed by atoms with Crippen LogP contribution in [0.15, 0.2) is 23.4 Å². The van der Waals surface area contributed by atoms with Crippen LogP contribution in [0.1, 0.15) is 24.5 Å². The Morgan fingerprint density at radius 1 is 1.40 bits per heavy atom. The summed E-state index contributed by atoms with van der Waals surface area (Å²) in [5, 5.41) is 5.26. The maximum atomic E-state index is 14.5. The molecule has 0 atom stereocenters. The molecule has 0 spiro atoms. The van der Waals surface area contributed by atoms with Gasteiger partial charge in [-0.05, 0) is 43.9 Å². The van der Waals surface area contributed by atoms with Crippen LogP contribution in [0.5, 0.6) is 0 Å². The van der Waals surface area contributed by atoms with Crippen molar-refractivity contribution in [2.75, 3.05) is 31.1 Å². The van der Waals surface area contributed by atoms with Crippen LogP contribution < -0.4 is 15.5 Å². The summed E-state index contributed by atoms with van der Waals surface area (Å²) in [6.45, 7) is 4.98.